The van der Waals surface area contributed by atoms with Crippen LogP contribution in [0.15, 0.2) is 42.6 Å². The molecule has 0 amide bonds. The highest BCUT2D eigenvalue weighted by Crippen LogP contribution is 2.33. The van der Waals surface area contributed by atoms with E-state index in [1.807, 2.05) is 48.2 Å². The zero-order valence-electron chi connectivity index (χ0n) is 11.3. The van der Waals surface area contributed by atoms with Gasteiger partial charge in [0.25, 0.3) is 0 Å². The third-order valence-corrected chi connectivity index (χ3v) is 3.73. The molecule has 0 aliphatic carbocycles. The standard InChI is InChI=1S/C16H16N2O2/c1-11-10-13(6-8-17-11)18-9-7-12-4-2-3-5-14(12)15(18)16(19)20/h2-6,8,10,15H,7,9H2,1H3,(H,19,20). The number of aromatic nitrogens is 1. The summed E-state index contributed by atoms with van der Waals surface area (Å²) >= 11 is 0. The van der Waals surface area contributed by atoms with Crippen LogP contribution in [0.25, 0.3) is 0 Å². The lowest BCUT2D eigenvalue weighted by Gasteiger charge is -2.36. The van der Waals surface area contributed by atoms with Gasteiger partial charge in [0.1, 0.15) is 0 Å². The van der Waals surface area contributed by atoms with Crippen LogP contribution in [0.4, 0.5) is 5.69 Å². The molecule has 2 aromatic rings. The summed E-state index contributed by atoms with van der Waals surface area (Å²) < 4.78 is 0. The summed E-state index contributed by atoms with van der Waals surface area (Å²) in [4.78, 5) is 17.8. The molecule has 0 bridgehead atoms. The normalized spacial score (nSPS) is 17.6. The number of fused-ring (bicyclic) bond motifs is 1. The summed E-state index contributed by atoms with van der Waals surface area (Å²) in [5.41, 5.74) is 3.83. The lowest BCUT2D eigenvalue weighted by molar-refractivity contribution is -0.138. The second-order valence-corrected chi connectivity index (χ2v) is 5.04. The number of anilines is 1. The van der Waals surface area contributed by atoms with Crippen molar-refractivity contribution < 1.29 is 9.90 Å². The quantitative estimate of drug-likeness (QED) is 0.909. The van der Waals surface area contributed by atoms with Crippen molar-refractivity contribution in [2.75, 3.05) is 11.4 Å². The molecule has 0 fully saturated rings. The lowest BCUT2D eigenvalue weighted by atomic mass is 9.92. The van der Waals surface area contributed by atoms with Gasteiger partial charge in [0.05, 0.1) is 0 Å². The minimum absolute atomic E-state index is 0.623. The highest BCUT2D eigenvalue weighted by molar-refractivity contribution is 5.81. The summed E-state index contributed by atoms with van der Waals surface area (Å²) in [7, 11) is 0. The largest absolute Gasteiger partial charge is 0.479 e. The Labute approximate surface area is 117 Å². The highest BCUT2D eigenvalue weighted by atomic mass is 16.4. The number of aliphatic carboxylic acids is 1. The maximum Gasteiger partial charge on any atom is 0.331 e. The van der Waals surface area contributed by atoms with Crippen LogP contribution in [0.1, 0.15) is 22.9 Å². The van der Waals surface area contributed by atoms with E-state index in [-0.39, 0.29) is 0 Å². The van der Waals surface area contributed by atoms with Gasteiger partial charge in [-0.15, -0.1) is 0 Å². The summed E-state index contributed by atoms with van der Waals surface area (Å²) in [6, 6.07) is 11.0. The first kappa shape index (κ1) is 12.7. The summed E-state index contributed by atoms with van der Waals surface area (Å²) in [5.74, 6) is -0.813. The maximum atomic E-state index is 11.7. The fourth-order valence-electron chi connectivity index (χ4n) is 2.82. The second kappa shape index (κ2) is 4.96. The number of pyridine rings is 1. The van der Waals surface area contributed by atoms with Gasteiger partial charge in [-0.25, -0.2) is 4.79 Å². The molecule has 1 aliphatic rings. The first-order valence-electron chi connectivity index (χ1n) is 6.67. The van der Waals surface area contributed by atoms with E-state index in [1.165, 1.54) is 0 Å². The number of hydrogen-bond acceptors (Lipinski definition) is 3. The van der Waals surface area contributed by atoms with Crippen LogP contribution in [0.2, 0.25) is 0 Å². The van der Waals surface area contributed by atoms with Crippen molar-refractivity contribution in [1.82, 2.24) is 4.98 Å². The molecule has 4 heteroatoms. The number of carboxylic acids is 1. The predicted octanol–water partition coefficient (Wildman–Crippen LogP) is 2.58. The van der Waals surface area contributed by atoms with E-state index in [0.717, 1.165) is 28.9 Å². The Morgan fingerprint density at radius 2 is 2.15 bits per heavy atom. The van der Waals surface area contributed by atoms with Crippen molar-refractivity contribution in [3.63, 3.8) is 0 Å². The van der Waals surface area contributed by atoms with Crippen molar-refractivity contribution >= 4 is 11.7 Å². The highest BCUT2D eigenvalue weighted by Gasteiger charge is 2.32. The van der Waals surface area contributed by atoms with E-state index in [9.17, 15) is 9.90 Å². The Morgan fingerprint density at radius 3 is 2.90 bits per heavy atom. The van der Waals surface area contributed by atoms with Gasteiger partial charge in [0.15, 0.2) is 6.04 Å². The summed E-state index contributed by atoms with van der Waals surface area (Å²) in [5, 5.41) is 9.63. The fourth-order valence-corrected chi connectivity index (χ4v) is 2.82. The Hall–Kier alpha value is -2.36. The van der Waals surface area contributed by atoms with Gasteiger partial charge in [-0.2, -0.15) is 0 Å². The fraction of sp³-hybridized carbons (Fsp3) is 0.250. The predicted molar refractivity (Wildman–Crippen MR) is 76.8 cm³/mol. The minimum atomic E-state index is -0.813. The van der Waals surface area contributed by atoms with E-state index in [1.54, 1.807) is 6.20 Å². The number of benzene rings is 1. The Kier molecular flexibility index (Phi) is 3.14. The van der Waals surface area contributed by atoms with Crippen molar-refractivity contribution in [3.05, 3.63) is 59.4 Å². The third kappa shape index (κ3) is 2.13. The number of carboxylic acid groups (broad SMARTS) is 1. The van der Waals surface area contributed by atoms with Crippen LogP contribution in [-0.2, 0) is 11.2 Å². The molecule has 1 aromatic heterocycles. The van der Waals surface area contributed by atoms with Crippen LogP contribution in [-0.4, -0.2) is 22.6 Å². The molecule has 2 heterocycles. The molecular formula is C16H16N2O2. The molecule has 102 valence electrons. The molecule has 0 saturated carbocycles. The van der Waals surface area contributed by atoms with Crippen molar-refractivity contribution in [1.29, 1.82) is 0 Å². The molecule has 1 aromatic carbocycles. The molecule has 1 N–H and O–H groups in total. The number of aryl methyl sites for hydroxylation is 1. The molecule has 1 aliphatic heterocycles. The Bertz CT molecular complexity index is 654. The molecule has 4 nitrogen and oxygen atoms in total. The SMILES string of the molecule is Cc1cc(N2CCc3ccccc3C2C(=O)O)ccn1. The summed E-state index contributed by atoms with van der Waals surface area (Å²) in [6.45, 7) is 2.62. The van der Waals surface area contributed by atoms with Gasteiger partial charge in [0.2, 0.25) is 0 Å². The number of nitrogens with zero attached hydrogens (tertiary/aromatic N) is 2. The van der Waals surface area contributed by atoms with Gasteiger partial charge < -0.3 is 10.0 Å². The van der Waals surface area contributed by atoms with Crippen molar-refractivity contribution in [2.24, 2.45) is 0 Å². The van der Waals surface area contributed by atoms with Crippen LogP contribution >= 0.6 is 0 Å². The molecule has 1 unspecified atom stereocenters. The minimum Gasteiger partial charge on any atom is -0.479 e. The van der Waals surface area contributed by atoms with Crippen LogP contribution in [0.5, 0.6) is 0 Å². The van der Waals surface area contributed by atoms with E-state index in [2.05, 4.69) is 4.98 Å². The average molecular weight is 268 g/mol. The number of hydrogen-bond donors (Lipinski definition) is 1. The second-order valence-electron chi connectivity index (χ2n) is 5.04. The van der Waals surface area contributed by atoms with Gasteiger partial charge in [-0.1, -0.05) is 24.3 Å². The van der Waals surface area contributed by atoms with Crippen LogP contribution in [0.3, 0.4) is 0 Å². The molecule has 0 spiro atoms. The topological polar surface area (TPSA) is 53.4 Å². The molecule has 0 saturated heterocycles. The van der Waals surface area contributed by atoms with E-state index < -0.39 is 12.0 Å². The first-order chi connectivity index (χ1) is 9.66. The van der Waals surface area contributed by atoms with Crippen LogP contribution < -0.4 is 4.90 Å². The maximum absolute atomic E-state index is 11.7. The van der Waals surface area contributed by atoms with E-state index in [4.69, 9.17) is 0 Å². The third-order valence-electron chi connectivity index (χ3n) is 3.73. The van der Waals surface area contributed by atoms with Gasteiger partial charge in [-0.05, 0) is 36.6 Å². The van der Waals surface area contributed by atoms with Crippen LogP contribution in [0, 0.1) is 6.92 Å². The van der Waals surface area contributed by atoms with Gasteiger partial charge >= 0.3 is 5.97 Å². The monoisotopic (exact) mass is 268 g/mol. The molecule has 3 rings (SSSR count). The smallest absolute Gasteiger partial charge is 0.331 e. The van der Waals surface area contributed by atoms with Gasteiger partial charge in [0, 0.05) is 24.1 Å². The zero-order valence-corrected chi connectivity index (χ0v) is 11.3. The van der Waals surface area contributed by atoms with E-state index >= 15 is 0 Å². The molecule has 0 radical (unpaired) electrons. The van der Waals surface area contributed by atoms with Crippen molar-refractivity contribution in [3.8, 4) is 0 Å². The average Bonchev–Trinajstić information content (AvgIpc) is 2.45. The zero-order chi connectivity index (χ0) is 14.1. The first-order valence-corrected chi connectivity index (χ1v) is 6.67. The van der Waals surface area contributed by atoms with Gasteiger partial charge in [-0.3, -0.25) is 4.98 Å². The Morgan fingerprint density at radius 1 is 1.35 bits per heavy atom. The number of rotatable bonds is 2. The lowest BCUT2D eigenvalue weighted by Crippen LogP contribution is -2.39. The molecule has 20 heavy (non-hydrogen) atoms. The van der Waals surface area contributed by atoms with E-state index in [0.29, 0.717) is 6.54 Å². The van der Waals surface area contributed by atoms with Crippen molar-refractivity contribution in [2.45, 2.75) is 19.4 Å². The molecule has 1 atom stereocenters. The molecular weight excluding hydrogens is 252 g/mol. The number of carbonyl (C=O) groups is 1. The Balaban J connectivity index is 2.07. The summed E-state index contributed by atoms with van der Waals surface area (Å²) in [6.07, 6.45) is 2.59.